The first kappa shape index (κ1) is 26.8. The van der Waals surface area contributed by atoms with Crippen molar-refractivity contribution >= 4 is 34.3 Å². The van der Waals surface area contributed by atoms with Gasteiger partial charge in [0.2, 0.25) is 11.9 Å². The largest absolute Gasteiger partial charge is 0.494 e. The maximum Gasteiger partial charge on any atom is 0.251 e. The van der Waals surface area contributed by atoms with Gasteiger partial charge in [0.1, 0.15) is 28.9 Å². The number of fused-ring (bicyclic) bond motifs is 1. The van der Waals surface area contributed by atoms with Crippen LogP contribution in [0.2, 0.25) is 0 Å². The molecule has 11 heteroatoms. The molecule has 0 radical (unpaired) electrons. The minimum absolute atomic E-state index is 0.0374. The van der Waals surface area contributed by atoms with Gasteiger partial charge in [-0.25, -0.2) is 14.4 Å². The van der Waals surface area contributed by atoms with E-state index in [0.29, 0.717) is 45.0 Å². The van der Waals surface area contributed by atoms with E-state index in [4.69, 9.17) is 9.47 Å². The third kappa shape index (κ3) is 5.50. The zero-order valence-electron chi connectivity index (χ0n) is 22.4. The third-order valence-corrected chi connectivity index (χ3v) is 6.75. The summed E-state index contributed by atoms with van der Waals surface area (Å²) in [5, 5.41) is 5.95. The van der Waals surface area contributed by atoms with E-state index in [0.717, 1.165) is 19.5 Å². The number of hydrogen-bond donors (Lipinski definition) is 2. The number of carbonyl (C=O) groups is 1. The van der Waals surface area contributed by atoms with Crippen molar-refractivity contribution in [2.75, 3.05) is 37.9 Å². The van der Waals surface area contributed by atoms with E-state index in [9.17, 15) is 14.0 Å². The smallest absolute Gasteiger partial charge is 0.251 e. The number of carbonyl (C=O) groups excluding carboxylic acids is 1. The van der Waals surface area contributed by atoms with Crippen molar-refractivity contribution in [3.63, 3.8) is 0 Å². The number of amides is 1. The minimum atomic E-state index is -0.427. The number of nitrogens with zero attached hydrogens (tertiary/aromatic N) is 4. The monoisotopic (exact) mass is 544 g/mol. The van der Waals surface area contributed by atoms with Crippen molar-refractivity contribution in [2.24, 2.45) is 7.05 Å². The molecule has 1 saturated heterocycles. The Morgan fingerprint density at radius 2 is 2.00 bits per heavy atom. The number of halogens is 1. The summed E-state index contributed by atoms with van der Waals surface area (Å²) < 4.78 is 27.3. The second-order valence-electron chi connectivity index (χ2n) is 9.55. The van der Waals surface area contributed by atoms with E-state index in [1.165, 1.54) is 42.1 Å². The molecule has 1 amide bonds. The summed E-state index contributed by atoms with van der Waals surface area (Å²) in [4.78, 5) is 36.1. The van der Waals surface area contributed by atoms with Crippen LogP contribution in [0.25, 0.3) is 22.2 Å². The molecule has 0 bridgehead atoms. The van der Waals surface area contributed by atoms with Gasteiger partial charge in [0.05, 0.1) is 30.2 Å². The molecule has 4 aromatic rings. The van der Waals surface area contributed by atoms with Crippen LogP contribution in [0.15, 0.2) is 66.1 Å². The van der Waals surface area contributed by atoms with Crippen molar-refractivity contribution in [3.05, 3.63) is 77.5 Å². The van der Waals surface area contributed by atoms with Crippen molar-refractivity contribution < 1.29 is 18.7 Å². The fourth-order valence-corrected chi connectivity index (χ4v) is 4.66. The Balaban J connectivity index is 1.57. The summed E-state index contributed by atoms with van der Waals surface area (Å²) in [6, 6.07) is 10.8. The van der Waals surface area contributed by atoms with Gasteiger partial charge in [-0.05, 0) is 43.3 Å². The number of rotatable bonds is 8. The van der Waals surface area contributed by atoms with Crippen molar-refractivity contribution in [2.45, 2.75) is 12.5 Å². The Morgan fingerprint density at radius 1 is 1.18 bits per heavy atom. The second kappa shape index (κ2) is 11.1. The summed E-state index contributed by atoms with van der Waals surface area (Å²) in [6.45, 7) is 5.21. The number of benzene rings is 2. The lowest BCUT2D eigenvalue weighted by Crippen LogP contribution is -2.22. The molecule has 0 saturated carbocycles. The lowest BCUT2D eigenvalue weighted by Gasteiger charge is -2.20. The number of nitrogens with one attached hydrogen (secondary N) is 2. The summed E-state index contributed by atoms with van der Waals surface area (Å²) in [6.07, 6.45) is 3.52. The van der Waals surface area contributed by atoms with Crippen LogP contribution in [0.5, 0.6) is 11.5 Å². The first-order valence-electron chi connectivity index (χ1n) is 12.7. The molecule has 0 spiro atoms. The highest BCUT2D eigenvalue weighted by molar-refractivity contribution is 6.00. The van der Waals surface area contributed by atoms with Gasteiger partial charge in [-0.15, -0.1) is 0 Å². The van der Waals surface area contributed by atoms with E-state index >= 15 is 0 Å². The van der Waals surface area contributed by atoms with Crippen LogP contribution in [0.4, 0.5) is 21.7 Å². The molecule has 40 heavy (non-hydrogen) atoms. The van der Waals surface area contributed by atoms with Crippen LogP contribution in [0.3, 0.4) is 0 Å². The zero-order valence-corrected chi connectivity index (χ0v) is 22.4. The zero-order chi connectivity index (χ0) is 28.4. The minimum Gasteiger partial charge on any atom is -0.494 e. The molecule has 10 nitrogen and oxygen atoms in total. The highest BCUT2D eigenvalue weighted by Gasteiger charge is 2.24. The summed E-state index contributed by atoms with van der Waals surface area (Å²) in [5.74, 6) is 0.276. The Morgan fingerprint density at radius 3 is 2.70 bits per heavy atom. The molecule has 1 aliphatic rings. The van der Waals surface area contributed by atoms with Gasteiger partial charge in [0, 0.05) is 37.8 Å². The normalized spacial score (nSPS) is 15.2. The predicted octanol–water partition coefficient (Wildman–Crippen LogP) is 4.09. The van der Waals surface area contributed by atoms with Gasteiger partial charge in [0.25, 0.3) is 5.56 Å². The van der Waals surface area contributed by atoms with Crippen LogP contribution in [-0.2, 0) is 11.8 Å². The molecule has 1 fully saturated rings. The highest BCUT2D eigenvalue weighted by Crippen LogP contribution is 2.39. The number of aryl methyl sites for hydroxylation is 1. The Kier molecular flexibility index (Phi) is 7.47. The molecule has 2 aromatic carbocycles. The van der Waals surface area contributed by atoms with Crippen molar-refractivity contribution in [1.29, 1.82) is 0 Å². The van der Waals surface area contributed by atoms with Crippen LogP contribution >= 0.6 is 0 Å². The van der Waals surface area contributed by atoms with Crippen LogP contribution in [-0.4, -0.2) is 58.7 Å². The summed E-state index contributed by atoms with van der Waals surface area (Å²) in [5.41, 5.74) is 2.53. The third-order valence-electron chi connectivity index (χ3n) is 6.75. The van der Waals surface area contributed by atoms with E-state index in [2.05, 4.69) is 32.1 Å². The van der Waals surface area contributed by atoms with Crippen LogP contribution < -0.4 is 25.7 Å². The molecule has 206 valence electrons. The molecule has 1 aliphatic heterocycles. The fraction of sp³-hybridized carbons (Fsp3) is 0.241. The van der Waals surface area contributed by atoms with Gasteiger partial charge in [-0.1, -0.05) is 18.7 Å². The molecule has 0 aliphatic carbocycles. The number of hydrogen-bond acceptors (Lipinski definition) is 8. The molecule has 1 atom stereocenters. The van der Waals surface area contributed by atoms with E-state index in [-0.39, 0.29) is 17.6 Å². The van der Waals surface area contributed by atoms with Crippen LogP contribution in [0, 0.1) is 5.82 Å². The molecular weight excluding hydrogens is 515 g/mol. The molecule has 2 N–H and O–H groups in total. The van der Waals surface area contributed by atoms with Gasteiger partial charge in [0.15, 0.2) is 0 Å². The first-order valence-corrected chi connectivity index (χ1v) is 12.7. The maximum absolute atomic E-state index is 14.0. The molecule has 1 unspecified atom stereocenters. The average molecular weight is 545 g/mol. The molecule has 2 aromatic heterocycles. The lowest BCUT2D eigenvalue weighted by molar-refractivity contribution is -0.111. The molecular formula is C29H29FN6O4. The van der Waals surface area contributed by atoms with Crippen molar-refractivity contribution in [3.8, 4) is 22.6 Å². The number of anilines is 3. The average Bonchev–Trinajstić information content (AvgIpc) is 3.36. The number of likely N-dealkylation sites (tertiary alicyclic amines) is 1. The van der Waals surface area contributed by atoms with Crippen LogP contribution in [0.1, 0.15) is 6.42 Å². The highest BCUT2D eigenvalue weighted by atomic mass is 19.1. The topological polar surface area (TPSA) is 111 Å². The molecule has 3 heterocycles. The summed E-state index contributed by atoms with van der Waals surface area (Å²) >= 11 is 0. The van der Waals surface area contributed by atoms with E-state index in [1.54, 1.807) is 31.3 Å². The standard InChI is InChI=1S/C29H29FN6O4/c1-5-26(37)32-22-13-21(24(39-4)14-25(22)40-19-9-10-35(2)16-19)33-29-31-15-23-28(34-29)20(12-27(38)36(23)3)17-7-6-8-18(30)11-17/h5-8,11-15,19H,1,9-10,16H2,2-4H3,(H,32,37)(H,31,33,34). The van der Waals surface area contributed by atoms with Gasteiger partial charge in [-0.2, -0.15) is 0 Å². The van der Waals surface area contributed by atoms with Gasteiger partial charge >= 0.3 is 0 Å². The first-order chi connectivity index (χ1) is 19.2. The van der Waals surface area contributed by atoms with Gasteiger partial charge in [-0.3, -0.25) is 9.59 Å². The second-order valence-corrected chi connectivity index (χ2v) is 9.55. The number of aromatic nitrogens is 3. The Bertz CT molecular complexity index is 1670. The number of methoxy groups -OCH3 is 1. The number of ether oxygens (including phenoxy) is 2. The fourth-order valence-electron chi connectivity index (χ4n) is 4.66. The number of likely N-dealkylation sites (N-methyl/N-ethyl adjacent to an activating group) is 1. The SMILES string of the molecule is C=CC(=O)Nc1cc(Nc2ncc3c(n2)c(-c2cccc(F)c2)cc(=O)n3C)c(OC)cc1OC1CCN(C)C1. The number of pyridine rings is 1. The van der Waals surface area contributed by atoms with Crippen molar-refractivity contribution in [1.82, 2.24) is 19.4 Å². The maximum atomic E-state index is 14.0. The molecule has 5 rings (SSSR count). The quantitative estimate of drug-likeness (QED) is 0.319. The lowest BCUT2D eigenvalue weighted by atomic mass is 10.0. The Hall–Kier alpha value is -4.77. The Labute approximate surface area is 230 Å². The van der Waals surface area contributed by atoms with E-state index in [1.807, 2.05) is 7.05 Å². The summed E-state index contributed by atoms with van der Waals surface area (Å²) in [7, 11) is 5.17. The van der Waals surface area contributed by atoms with Gasteiger partial charge < -0.3 is 29.6 Å². The predicted molar refractivity (Wildman–Crippen MR) is 152 cm³/mol. The van der Waals surface area contributed by atoms with E-state index < -0.39 is 11.7 Å².